The van der Waals surface area contributed by atoms with Crippen molar-refractivity contribution < 1.29 is 0 Å². The van der Waals surface area contributed by atoms with Crippen molar-refractivity contribution in [1.82, 2.24) is 4.98 Å². The average molecular weight is 138 g/mol. The quantitative estimate of drug-likeness (QED) is 0.643. The second kappa shape index (κ2) is 6.08. The van der Waals surface area contributed by atoms with Gasteiger partial charge in [0.25, 0.3) is 0 Å². The molecule has 1 N–H and O–H groups in total. The maximum atomic E-state index is 3.89. The zero-order valence-corrected chi connectivity index (χ0v) is 6.76. The third-order valence-corrected chi connectivity index (χ3v) is 0.950. The molecule has 0 unspecified atom stereocenters. The SMILES string of the molecule is CC.CNc1cccnc1. The van der Waals surface area contributed by atoms with Crippen LogP contribution in [0, 0.1) is 0 Å². The van der Waals surface area contributed by atoms with Gasteiger partial charge >= 0.3 is 0 Å². The van der Waals surface area contributed by atoms with Crippen LogP contribution in [0.3, 0.4) is 0 Å². The van der Waals surface area contributed by atoms with E-state index in [0.717, 1.165) is 5.69 Å². The van der Waals surface area contributed by atoms with Crippen LogP contribution in [0.5, 0.6) is 0 Å². The number of nitrogens with one attached hydrogen (secondary N) is 1. The van der Waals surface area contributed by atoms with Crippen LogP contribution in [0.1, 0.15) is 13.8 Å². The summed E-state index contributed by atoms with van der Waals surface area (Å²) in [6.07, 6.45) is 3.53. The Bertz CT molecular complexity index is 149. The number of rotatable bonds is 1. The van der Waals surface area contributed by atoms with Crippen LogP contribution in [0.25, 0.3) is 0 Å². The molecule has 0 saturated carbocycles. The van der Waals surface area contributed by atoms with Crippen LogP contribution in [0.2, 0.25) is 0 Å². The minimum absolute atomic E-state index is 1.05. The molecule has 0 aromatic carbocycles. The van der Waals surface area contributed by atoms with Gasteiger partial charge in [-0.3, -0.25) is 4.98 Å². The van der Waals surface area contributed by atoms with Crippen molar-refractivity contribution in [3.63, 3.8) is 0 Å². The lowest BCUT2D eigenvalue weighted by molar-refractivity contribution is 1.31. The molecule has 1 heterocycles. The monoisotopic (exact) mass is 138 g/mol. The molecule has 1 aromatic heterocycles. The highest BCUT2D eigenvalue weighted by Crippen LogP contribution is 1.98. The summed E-state index contributed by atoms with van der Waals surface area (Å²) < 4.78 is 0. The molecular formula is C8H14N2. The molecule has 0 atom stereocenters. The van der Waals surface area contributed by atoms with Gasteiger partial charge in [0.1, 0.15) is 0 Å². The van der Waals surface area contributed by atoms with Gasteiger partial charge in [0.2, 0.25) is 0 Å². The number of pyridine rings is 1. The lowest BCUT2D eigenvalue weighted by Gasteiger charge is -1.93. The molecule has 0 amide bonds. The van der Waals surface area contributed by atoms with Crippen LogP contribution < -0.4 is 5.32 Å². The fourth-order valence-corrected chi connectivity index (χ4v) is 0.511. The summed E-state index contributed by atoms with van der Waals surface area (Å²) in [5.74, 6) is 0. The summed E-state index contributed by atoms with van der Waals surface area (Å²) in [5, 5.41) is 2.96. The van der Waals surface area contributed by atoms with Crippen LogP contribution in [-0.4, -0.2) is 12.0 Å². The fourth-order valence-electron chi connectivity index (χ4n) is 0.511. The summed E-state index contributed by atoms with van der Waals surface area (Å²) in [5.41, 5.74) is 1.05. The number of anilines is 1. The smallest absolute Gasteiger partial charge is 0.0524 e. The zero-order chi connectivity index (χ0) is 7.82. The Balaban J connectivity index is 0.000000371. The van der Waals surface area contributed by atoms with Gasteiger partial charge in [0.05, 0.1) is 5.69 Å². The highest BCUT2D eigenvalue weighted by atomic mass is 14.8. The molecule has 56 valence electrons. The summed E-state index contributed by atoms with van der Waals surface area (Å²) in [6, 6.07) is 3.86. The maximum Gasteiger partial charge on any atom is 0.0524 e. The third kappa shape index (κ3) is 3.07. The lowest BCUT2D eigenvalue weighted by atomic mass is 10.4. The number of hydrogen-bond acceptors (Lipinski definition) is 2. The molecule has 2 heteroatoms. The van der Waals surface area contributed by atoms with Crippen molar-refractivity contribution in [2.75, 3.05) is 12.4 Å². The van der Waals surface area contributed by atoms with Crippen LogP contribution >= 0.6 is 0 Å². The predicted molar refractivity (Wildman–Crippen MR) is 45.1 cm³/mol. The zero-order valence-electron chi connectivity index (χ0n) is 6.76. The van der Waals surface area contributed by atoms with Gasteiger partial charge in [-0.2, -0.15) is 0 Å². The maximum absolute atomic E-state index is 3.89. The van der Waals surface area contributed by atoms with E-state index in [0.29, 0.717) is 0 Å². The molecule has 0 aliphatic carbocycles. The minimum atomic E-state index is 1.05. The van der Waals surface area contributed by atoms with Gasteiger partial charge in [-0.05, 0) is 12.1 Å². The number of aromatic nitrogens is 1. The third-order valence-electron chi connectivity index (χ3n) is 0.950. The van der Waals surface area contributed by atoms with Gasteiger partial charge in [0, 0.05) is 19.4 Å². The normalized spacial score (nSPS) is 7.50. The molecule has 0 fully saturated rings. The van der Waals surface area contributed by atoms with Gasteiger partial charge < -0.3 is 5.32 Å². The molecule has 1 aromatic rings. The van der Waals surface area contributed by atoms with Crippen LogP contribution in [0.4, 0.5) is 5.69 Å². The van der Waals surface area contributed by atoms with E-state index in [2.05, 4.69) is 10.3 Å². The molecule has 0 spiro atoms. The van der Waals surface area contributed by atoms with E-state index in [1.807, 2.05) is 33.0 Å². The first-order chi connectivity index (χ1) is 4.93. The Labute approximate surface area is 62.3 Å². The van der Waals surface area contributed by atoms with E-state index in [1.54, 1.807) is 12.4 Å². The first kappa shape index (κ1) is 8.95. The van der Waals surface area contributed by atoms with Crippen molar-refractivity contribution >= 4 is 5.69 Å². The van der Waals surface area contributed by atoms with Crippen molar-refractivity contribution in [2.45, 2.75) is 13.8 Å². The molecule has 10 heavy (non-hydrogen) atoms. The van der Waals surface area contributed by atoms with E-state index < -0.39 is 0 Å². The molecule has 0 aliphatic heterocycles. The highest BCUT2D eigenvalue weighted by molar-refractivity contribution is 5.38. The van der Waals surface area contributed by atoms with E-state index >= 15 is 0 Å². The predicted octanol–water partition coefficient (Wildman–Crippen LogP) is 2.15. The summed E-state index contributed by atoms with van der Waals surface area (Å²) in [4.78, 5) is 3.89. The second-order valence-corrected chi connectivity index (χ2v) is 1.49. The van der Waals surface area contributed by atoms with Gasteiger partial charge in [-0.15, -0.1) is 0 Å². The summed E-state index contributed by atoms with van der Waals surface area (Å²) in [7, 11) is 1.87. The van der Waals surface area contributed by atoms with Gasteiger partial charge in [-0.1, -0.05) is 13.8 Å². The topological polar surface area (TPSA) is 24.9 Å². The average Bonchev–Trinajstić information content (AvgIpc) is 2.10. The van der Waals surface area contributed by atoms with Crippen molar-refractivity contribution in [3.05, 3.63) is 24.5 Å². The summed E-state index contributed by atoms with van der Waals surface area (Å²) in [6.45, 7) is 4.00. The van der Waals surface area contributed by atoms with Gasteiger partial charge in [0.15, 0.2) is 0 Å². The van der Waals surface area contributed by atoms with E-state index in [-0.39, 0.29) is 0 Å². The molecule has 0 saturated heterocycles. The number of nitrogens with zero attached hydrogens (tertiary/aromatic N) is 1. The minimum Gasteiger partial charge on any atom is -0.387 e. The first-order valence-corrected chi connectivity index (χ1v) is 3.51. The molecule has 0 aliphatic rings. The van der Waals surface area contributed by atoms with E-state index in [9.17, 15) is 0 Å². The van der Waals surface area contributed by atoms with Crippen molar-refractivity contribution in [3.8, 4) is 0 Å². The summed E-state index contributed by atoms with van der Waals surface area (Å²) >= 11 is 0. The molecule has 2 nitrogen and oxygen atoms in total. The van der Waals surface area contributed by atoms with Gasteiger partial charge in [-0.25, -0.2) is 0 Å². The Kier molecular flexibility index (Phi) is 5.44. The Hall–Kier alpha value is -1.05. The lowest BCUT2D eigenvalue weighted by Crippen LogP contribution is -1.86. The Morgan fingerprint density at radius 1 is 1.40 bits per heavy atom. The molecule has 0 radical (unpaired) electrons. The molecule has 0 bridgehead atoms. The highest BCUT2D eigenvalue weighted by Gasteiger charge is 1.79. The van der Waals surface area contributed by atoms with Crippen molar-refractivity contribution in [1.29, 1.82) is 0 Å². The Morgan fingerprint density at radius 3 is 2.40 bits per heavy atom. The van der Waals surface area contributed by atoms with E-state index in [4.69, 9.17) is 0 Å². The second-order valence-electron chi connectivity index (χ2n) is 1.49. The molecular weight excluding hydrogens is 124 g/mol. The number of hydrogen-bond donors (Lipinski definition) is 1. The standard InChI is InChI=1S/C6H8N2.C2H6/c1-7-6-3-2-4-8-5-6;1-2/h2-5,7H,1H3;1-2H3. The first-order valence-electron chi connectivity index (χ1n) is 3.51. The largest absolute Gasteiger partial charge is 0.387 e. The van der Waals surface area contributed by atoms with Crippen LogP contribution in [0.15, 0.2) is 24.5 Å². The Morgan fingerprint density at radius 2 is 2.10 bits per heavy atom. The van der Waals surface area contributed by atoms with E-state index in [1.165, 1.54) is 0 Å². The van der Waals surface area contributed by atoms with Crippen molar-refractivity contribution in [2.24, 2.45) is 0 Å². The fraction of sp³-hybridized carbons (Fsp3) is 0.375. The molecule has 1 rings (SSSR count). The van der Waals surface area contributed by atoms with Crippen LogP contribution in [-0.2, 0) is 0 Å².